The molecule has 15 heavy (non-hydrogen) atoms. The summed E-state index contributed by atoms with van der Waals surface area (Å²) in [5.41, 5.74) is 0. The van der Waals surface area contributed by atoms with Crippen LogP contribution in [0.25, 0.3) is 0 Å². The molecule has 0 aromatic rings. The molecular weight excluding hydrogens is 192 g/mol. The molecule has 0 N–H and O–H groups in total. The van der Waals surface area contributed by atoms with E-state index < -0.39 is 11.8 Å². The fourth-order valence-corrected chi connectivity index (χ4v) is 1.90. The Morgan fingerprint density at radius 3 is 1.47 bits per heavy atom. The van der Waals surface area contributed by atoms with E-state index in [0.29, 0.717) is 12.3 Å². The standard InChI is InChI=1S/C12H20O3/c1-7(2)6-11(8(3)13)12(9(4)14)10(5)15/h7,11-12H,6H2,1-5H3/t11-/m0/s1. The Bertz CT molecular complexity index is 252. The van der Waals surface area contributed by atoms with E-state index in [2.05, 4.69) is 0 Å². The molecule has 0 aliphatic carbocycles. The number of Topliss-reactive ketones (excluding diaryl/α,β-unsaturated/α-hetero) is 3. The third kappa shape index (κ3) is 4.36. The van der Waals surface area contributed by atoms with Crippen molar-refractivity contribution in [3.05, 3.63) is 0 Å². The van der Waals surface area contributed by atoms with Crippen molar-refractivity contribution in [1.29, 1.82) is 0 Å². The molecule has 0 aliphatic rings. The molecule has 0 radical (unpaired) electrons. The van der Waals surface area contributed by atoms with Crippen molar-refractivity contribution in [2.24, 2.45) is 17.8 Å². The average Bonchev–Trinajstić information content (AvgIpc) is 2.00. The van der Waals surface area contributed by atoms with Gasteiger partial charge in [0.15, 0.2) is 0 Å². The van der Waals surface area contributed by atoms with Crippen molar-refractivity contribution >= 4 is 17.3 Å². The van der Waals surface area contributed by atoms with Gasteiger partial charge in [0.1, 0.15) is 17.3 Å². The molecule has 0 rings (SSSR count). The Hall–Kier alpha value is -0.990. The lowest BCUT2D eigenvalue weighted by Crippen LogP contribution is -2.33. The molecule has 0 aliphatic heterocycles. The third-order valence-electron chi connectivity index (χ3n) is 2.53. The minimum atomic E-state index is -0.745. The molecule has 0 spiro atoms. The highest BCUT2D eigenvalue weighted by molar-refractivity contribution is 6.04. The fraction of sp³-hybridized carbons (Fsp3) is 0.750. The van der Waals surface area contributed by atoms with E-state index in [1.807, 2.05) is 13.8 Å². The fourth-order valence-electron chi connectivity index (χ4n) is 1.90. The highest BCUT2D eigenvalue weighted by Gasteiger charge is 2.33. The second kappa shape index (κ2) is 5.79. The number of ketones is 3. The van der Waals surface area contributed by atoms with Gasteiger partial charge in [-0.3, -0.25) is 14.4 Å². The van der Waals surface area contributed by atoms with Crippen LogP contribution in [0.3, 0.4) is 0 Å². The van der Waals surface area contributed by atoms with Crippen molar-refractivity contribution < 1.29 is 14.4 Å². The Morgan fingerprint density at radius 2 is 1.27 bits per heavy atom. The maximum Gasteiger partial charge on any atom is 0.140 e. The maximum absolute atomic E-state index is 11.4. The van der Waals surface area contributed by atoms with Gasteiger partial charge in [0.05, 0.1) is 5.92 Å². The van der Waals surface area contributed by atoms with Gasteiger partial charge >= 0.3 is 0 Å². The molecule has 1 atom stereocenters. The van der Waals surface area contributed by atoms with Crippen LogP contribution in [0.2, 0.25) is 0 Å². The van der Waals surface area contributed by atoms with Crippen LogP contribution in [0.15, 0.2) is 0 Å². The van der Waals surface area contributed by atoms with Gasteiger partial charge in [-0.2, -0.15) is 0 Å². The molecule has 3 heteroatoms. The normalized spacial score (nSPS) is 13.0. The predicted octanol–water partition coefficient (Wildman–Crippen LogP) is 2.03. The minimum absolute atomic E-state index is 0.0703. The summed E-state index contributed by atoms with van der Waals surface area (Å²) in [7, 11) is 0. The molecule has 0 unspecified atom stereocenters. The second-order valence-electron chi connectivity index (χ2n) is 4.55. The summed E-state index contributed by atoms with van der Waals surface area (Å²) >= 11 is 0. The van der Waals surface area contributed by atoms with Crippen molar-refractivity contribution in [3.8, 4) is 0 Å². The second-order valence-corrected chi connectivity index (χ2v) is 4.55. The first-order valence-corrected chi connectivity index (χ1v) is 5.28. The summed E-state index contributed by atoms with van der Waals surface area (Å²) < 4.78 is 0. The first kappa shape index (κ1) is 14.0. The summed E-state index contributed by atoms with van der Waals surface area (Å²) in [5, 5.41) is 0. The Morgan fingerprint density at radius 1 is 0.867 bits per heavy atom. The summed E-state index contributed by atoms with van der Waals surface area (Å²) in [6, 6.07) is 0. The molecule has 0 amide bonds. The van der Waals surface area contributed by atoms with Gasteiger partial charge in [0.25, 0.3) is 0 Å². The largest absolute Gasteiger partial charge is 0.300 e. The first-order chi connectivity index (χ1) is 6.77. The third-order valence-corrected chi connectivity index (χ3v) is 2.53. The van der Waals surface area contributed by atoms with E-state index in [1.54, 1.807) is 0 Å². The topological polar surface area (TPSA) is 51.2 Å². The average molecular weight is 212 g/mol. The van der Waals surface area contributed by atoms with Gasteiger partial charge in [-0.1, -0.05) is 13.8 Å². The van der Waals surface area contributed by atoms with Crippen LogP contribution >= 0.6 is 0 Å². The first-order valence-electron chi connectivity index (χ1n) is 5.28. The van der Waals surface area contributed by atoms with Gasteiger partial charge in [-0.25, -0.2) is 0 Å². The van der Waals surface area contributed by atoms with Crippen LogP contribution in [0.4, 0.5) is 0 Å². The van der Waals surface area contributed by atoms with Crippen molar-refractivity contribution in [1.82, 2.24) is 0 Å². The van der Waals surface area contributed by atoms with Crippen LogP contribution in [0.1, 0.15) is 41.0 Å². The lowest BCUT2D eigenvalue weighted by atomic mass is 9.79. The Labute approximate surface area is 91.2 Å². The van der Waals surface area contributed by atoms with E-state index >= 15 is 0 Å². The zero-order chi connectivity index (χ0) is 12.2. The van der Waals surface area contributed by atoms with Crippen LogP contribution in [-0.4, -0.2) is 17.3 Å². The minimum Gasteiger partial charge on any atom is -0.300 e. The quantitative estimate of drug-likeness (QED) is 0.633. The van der Waals surface area contributed by atoms with Gasteiger partial charge in [-0.05, 0) is 33.1 Å². The molecule has 0 saturated carbocycles. The van der Waals surface area contributed by atoms with Gasteiger partial charge < -0.3 is 0 Å². The molecule has 0 saturated heterocycles. The van der Waals surface area contributed by atoms with Crippen molar-refractivity contribution in [3.63, 3.8) is 0 Å². The molecule has 3 nitrogen and oxygen atoms in total. The summed E-state index contributed by atoms with van der Waals surface area (Å²) in [6.45, 7) is 8.16. The predicted molar refractivity (Wildman–Crippen MR) is 58.5 cm³/mol. The molecular formula is C12H20O3. The number of carbonyl (C=O) groups excluding carboxylic acids is 3. The van der Waals surface area contributed by atoms with E-state index in [0.717, 1.165) is 0 Å². The zero-order valence-corrected chi connectivity index (χ0v) is 10.2. The number of hydrogen-bond acceptors (Lipinski definition) is 3. The van der Waals surface area contributed by atoms with E-state index in [-0.39, 0.29) is 17.3 Å². The lowest BCUT2D eigenvalue weighted by Gasteiger charge is -2.22. The highest BCUT2D eigenvalue weighted by Crippen LogP contribution is 2.23. The maximum atomic E-state index is 11.4. The lowest BCUT2D eigenvalue weighted by molar-refractivity contribution is -0.138. The van der Waals surface area contributed by atoms with E-state index in [4.69, 9.17) is 0 Å². The SMILES string of the molecule is CC(=O)C(C(C)=O)[C@@H](CC(C)C)C(C)=O. The smallest absolute Gasteiger partial charge is 0.140 e. The van der Waals surface area contributed by atoms with E-state index in [1.165, 1.54) is 20.8 Å². The Balaban J connectivity index is 4.92. The number of rotatable bonds is 6. The Kier molecular flexibility index (Phi) is 5.40. The summed E-state index contributed by atoms with van der Waals surface area (Å²) in [4.78, 5) is 34.1. The zero-order valence-electron chi connectivity index (χ0n) is 10.2. The van der Waals surface area contributed by atoms with Crippen molar-refractivity contribution in [2.75, 3.05) is 0 Å². The highest BCUT2D eigenvalue weighted by atomic mass is 16.2. The van der Waals surface area contributed by atoms with Crippen LogP contribution < -0.4 is 0 Å². The number of carbonyl (C=O) groups is 3. The van der Waals surface area contributed by atoms with E-state index in [9.17, 15) is 14.4 Å². The molecule has 0 bridgehead atoms. The van der Waals surface area contributed by atoms with Gasteiger partial charge in [-0.15, -0.1) is 0 Å². The molecule has 0 fully saturated rings. The number of hydrogen-bond donors (Lipinski definition) is 0. The summed E-state index contributed by atoms with van der Waals surface area (Å²) in [5.74, 6) is -1.36. The summed E-state index contributed by atoms with van der Waals surface area (Å²) in [6.07, 6.45) is 0.596. The van der Waals surface area contributed by atoms with Crippen LogP contribution in [0.5, 0.6) is 0 Å². The van der Waals surface area contributed by atoms with Crippen LogP contribution in [0, 0.1) is 17.8 Å². The molecule has 0 aromatic carbocycles. The van der Waals surface area contributed by atoms with Gasteiger partial charge in [0, 0.05) is 5.92 Å². The molecule has 0 heterocycles. The van der Waals surface area contributed by atoms with Crippen molar-refractivity contribution in [2.45, 2.75) is 41.0 Å². The molecule has 86 valence electrons. The van der Waals surface area contributed by atoms with Crippen LogP contribution in [-0.2, 0) is 14.4 Å². The molecule has 0 aromatic heterocycles. The monoisotopic (exact) mass is 212 g/mol. The van der Waals surface area contributed by atoms with Gasteiger partial charge in [0.2, 0.25) is 0 Å².